The van der Waals surface area contributed by atoms with Gasteiger partial charge in [-0.2, -0.15) is 4.31 Å². The maximum absolute atomic E-state index is 13.1. The van der Waals surface area contributed by atoms with Crippen LogP contribution in [0, 0.1) is 0 Å². The van der Waals surface area contributed by atoms with Gasteiger partial charge in [0.25, 0.3) is 0 Å². The summed E-state index contributed by atoms with van der Waals surface area (Å²) >= 11 is 0. The first-order valence-corrected chi connectivity index (χ1v) is 10.7. The fourth-order valence-corrected chi connectivity index (χ4v) is 4.38. The quantitative estimate of drug-likeness (QED) is 0.808. The number of ether oxygens (including phenoxy) is 1. The van der Waals surface area contributed by atoms with Crippen LogP contribution in [0.15, 0.2) is 41.6 Å². The van der Waals surface area contributed by atoms with Crippen LogP contribution in [0.1, 0.15) is 20.8 Å². The highest BCUT2D eigenvalue weighted by atomic mass is 32.2. The molecule has 1 aliphatic rings. The van der Waals surface area contributed by atoms with Gasteiger partial charge >= 0.3 is 6.09 Å². The summed E-state index contributed by atoms with van der Waals surface area (Å²) in [6.07, 6.45) is 2.67. The molecule has 0 unspecified atom stereocenters. The number of rotatable bonds is 3. The molecule has 29 heavy (non-hydrogen) atoms. The Morgan fingerprint density at radius 2 is 1.69 bits per heavy atom. The SMILES string of the molecule is CC(C)(C)OC(=O)N1CCN(S(=O)(=O)c2cccc(-c3cnc(N)nc3)c2)CC1. The van der Waals surface area contributed by atoms with E-state index in [1.54, 1.807) is 57.4 Å². The Morgan fingerprint density at radius 3 is 2.28 bits per heavy atom. The Kier molecular flexibility index (Phi) is 5.76. The molecular weight excluding hydrogens is 394 g/mol. The molecule has 2 aromatic rings. The second-order valence-corrected chi connectivity index (χ2v) is 9.67. The molecule has 0 radical (unpaired) electrons. The molecule has 156 valence electrons. The number of hydrogen-bond donors (Lipinski definition) is 1. The smallest absolute Gasteiger partial charge is 0.410 e. The highest BCUT2D eigenvalue weighted by molar-refractivity contribution is 7.89. The van der Waals surface area contributed by atoms with E-state index in [0.29, 0.717) is 11.1 Å². The number of nitrogen functional groups attached to an aromatic ring is 1. The van der Waals surface area contributed by atoms with Gasteiger partial charge in [-0.15, -0.1) is 0 Å². The number of aromatic nitrogens is 2. The zero-order valence-electron chi connectivity index (χ0n) is 16.7. The van der Waals surface area contributed by atoms with Crippen LogP contribution in [-0.2, 0) is 14.8 Å². The summed E-state index contributed by atoms with van der Waals surface area (Å²) in [5, 5.41) is 0. The van der Waals surface area contributed by atoms with Crippen molar-refractivity contribution >= 4 is 22.1 Å². The van der Waals surface area contributed by atoms with E-state index in [1.165, 1.54) is 9.21 Å². The zero-order valence-corrected chi connectivity index (χ0v) is 17.5. The predicted octanol–water partition coefficient (Wildman–Crippen LogP) is 1.97. The van der Waals surface area contributed by atoms with Crippen LogP contribution in [0.4, 0.5) is 10.7 Å². The molecule has 0 bridgehead atoms. The number of carbonyl (C=O) groups excluding carboxylic acids is 1. The summed E-state index contributed by atoms with van der Waals surface area (Å²) < 4.78 is 32.9. The molecule has 0 atom stereocenters. The molecule has 0 aliphatic carbocycles. The number of amides is 1. The van der Waals surface area contributed by atoms with Crippen LogP contribution in [0.5, 0.6) is 0 Å². The third-order valence-electron chi connectivity index (χ3n) is 4.37. The number of sulfonamides is 1. The molecule has 10 heteroatoms. The van der Waals surface area contributed by atoms with Crippen molar-refractivity contribution in [2.75, 3.05) is 31.9 Å². The van der Waals surface area contributed by atoms with Gasteiger partial charge in [0.2, 0.25) is 16.0 Å². The molecule has 3 rings (SSSR count). The van der Waals surface area contributed by atoms with Crippen LogP contribution in [0.25, 0.3) is 11.1 Å². The summed E-state index contributed by atoms with van der Waals surface area (Å²) in [7, 11) is -3.70. The predicted molar refractivity (Wildman–Crippen MR) is 108 cm³/mol. The van der Waals surface area contributed by atoms with Gasteiger partial charge < -0.3 is 15.4 Å². The van der Waals surface area contributed by atoms with Crippen LogP contribution >= 0.6 is 0 Å². The van der Waals surface area contributed by atoms with Gasteiger partial charge in [0.1, 0.15) is 5.60 Å². The van der Waals surface area contributed by atoms with E-state index >= 15 is 0 Å². The molecule has 0 spiro atoms. The fourth-order valence-electron chi connectivity index (χ4n) is 2.91. The van der Waals surface area contributed by atoms with Gasteiger partial charge in [-0.25, -0.2) is 23.2 Å². The minimum absolute atomic E-state index is 0.153. The third-order valence-corrected chi connectivity index (χ3v) is 6.26. The second kappa shape index (κ2) is 7.96. The minimum Gasteiger partial charge on any atom is -0.444 e. The van der Waals surface area contributed by atoms with Crippen molar-refractivity contribution in [3.8, 4) is 11.1 Å². The first-order chi connectivity index (χ1) is 13.6. The lowest BCUT2D eigenvalue weighted by Crippen LogP contribution is -2.51. The molecule has 1 aromatic carbocycles. The molecule has 1 aromatic heterocycles. The number of nitrogens with two attached hydrogens (primary N) is 1. The summed E-state index contributed by atoms with van der Waals surface area (Å²) in [5.74, 6) is 0.153. The molecule has 1 aliphatic heterocycles. The van der Waals surface area contributed by atoms with Gasteiger partial charge in [-0.05, 0) is 38.5 Å². The first-order valence-electron chi connectivity index (χ1n) is 9.22. The third kappa shape index (κ3) is 5.01. The van der Waals surface area contributed by atoms with Crippen molar-refractivity contribution in [3.05, 3.63) is 36.7 Å². The van der Waals surface area contributed by atoms with Gasteiger partial charge in [-0.3, -0.25) is 0 Å². The maximum atomic E-state index is 13.1. The Hall–Kier alpha value is -2.72. The number of anilines is 1. The van der Waals surface area contributed by atoms with E-state index in [9.17, 15) is 13.2 Å². The van der Waals surface area contributed by atoms with Gasteiger partial charge in [0, 0.05) is 44.1 Å². The largest absolute Gasteiger partial charge is 0.444 e. The minimum atomic E-state index is -3.70. The first kappa shape index (κ1) is 21.0. The number of piperazine rings is 1. The number of carbonyl (C=O) groups is 1. The normalized spacial score (nSPS) is 15.9. The Bertz CT molecular complexity index is 978. The van der Waals surface area contributed by atoms with E-state index < -0.39 is 21.7 Å². The van der Waals surface area contributed by atoms with Crippen molar-refractivity contribution < 1.29 is 17.9 Å². The molecule has 0 saturated carbocycles. The Balaban J connectivity index is 1.73. The molecule has 2 heterocycles. The van der Waals surface area contributed by atoms with Crippen molar-refractivity contribution in [1.29, 1.82) is 0 Å². The van der Waals surface area contributed by atoms with E-state index in [-0.39, 0.29) is 37.0 Å². The number of benzene rings is 1. The van der Waals surface area contributed by atoms with Crippen molar-refractivity contribution in [2.24, 2.45) is 0 Å². The molecule has 1 fully saturated rings. The lowest BCUT2D eigenvalue weighted by atomic mass is 10.1. The van der Waals surface area contributed by atoms with Crippen molar-refractivity contribution in [1.82, 2.24) is 19.2 Å². The topological polar surface area (TPSA) is 119 Å². The number of hydrogen-bond acceptors (Lipinski definition) is 7. The summed E-state index contributed by atoms with van der Waals surface area (Å²) in [6, 6.07) is 6.60. The van der Waals surface area contributed by atoms with Crippen LogP contribution < -0.4 is 5.73 Å². The van der Waals surface area contributed by atoms with E-state index in [0.717, 1.165) is 0 Å². The summed E-state index contributed by atoms with van der Waals surface area (Å²) in [6.45, 7) is 6.35. The van der Waals surface area contributed by atoms with Crippen LogP contribution in [0.3, 0.4) is 0 Å². The monoisotopic (exact) mass is 419 g/mol. The molecule has 1 saturated heterocycles. The average molecular weight is 420 g/mol. The van der Waals surface area contributed by atoms with E-state index in [1.807, 2.05) is 0 Å². The fraction of sp³-hybridized carbons (Fsp3) is 0.421. The van der Waals surface area contributed by atoms with Crippen LogP contribution in [-0.4, -0.2) is 65.5 Å². The molecule has 1 amide bonds. The standard InChI is InChI=1S/C19H25N5O4S/c1-19(2,3)28-18(25)23-7-9-24(10-8-23)29(26,27)16-6-4-5-14(11-16)15-12-21-17(20)22-13-15/h4-6,11-13H,7-10H2,1-3H3,(H2,20,21,22). The molecule has 2 N–H and O–H groups in total. The maximum Gasteiger partial charge on any atom is 0.410 e. The average Bonchev–Trinajstić information content (AvgIpc) is 2.67. The second-order valence-electron chi connectivity index (χ2n) is 7.73. The highest BCUT2D eigenvalue weighted by Crippen LogP contribution is 2.24. The van der Waals surface area contributed by atoms with Gasteiger partial charge in [-0.1, -0.05) is 12.1 Å². The lowest BCUT2D eigenvalue weighted by molar-refractivity contribution is 0.0192. The van der Waals surface area contributed by atoms with Gasteiger partial charge in [0.05, 0.1) is 4.90 Å². The molecule has 9 nitrogen and oxygen atoms in total. The highest BCUT2D eigenvalue weighted by Gasteiger charge is 2.32. The zero-order chi connectivity index (χ0) is 21.2. The summed E-state index contributed by atoms with van der Waals surface area (Å²) in [5.41, 5.74) is 6.27. The lowest BCUT2D eigenvalue weighted by Gasteiger charge is -2.35. The Morgan fingerprint density at radius 1 is 1.07 bits per heavy atom. The van der Waals surface area contributed by atoms with Gasteiger partial charge in [0.15, 0.2) is 0 Å². The van der Waals surface area contributed by atoms with Crippen LogP contribution in [0.2, 0.25) is 0 Å². The molecular formula is C19H25N5O4S. The van der Waals surface area contributed by atoms with Crippen molar-refractivity contribution in [2.45, 2.75) is 31.3 Å². The summed E-state index contributed by atoms with van der Waals surface area (Å²) in [4.78, 5) is 21.8. The number of nitrogens with zero attached hydrogens (tertiary/aromatic N) is 4. The van der Waals surface area contributed by atoms with Crippen molar-refractivity contribution in [3.63, 3.8) is 0 Å². The Labute approximate surface area is 170 Å². The van der Waals surface area contributed by atoms with E-state index in [4.69, 9.17) is 10.5 Å². The van der Waals surface area contributed by atoms with E-state index in [2.05, 4.69) is 9.97 Å².